The van der Waals surface area contributed by atoms with Gasteiger partial charge in [0.05, 0.1) is 21.8 Å². The second-order valence-corrected chi connectivity index (χ2v) is 7.89. The van der Waals surface area contributed by atoms with Gasteiger partial charge in [-0.2, -0.15) is 0 Å². The number of hydrogen-bond acceptors (Lipinski definition) is 4. The molecule has 0 spiro atoms. The summed E-state index contributed by atoms with van der Waals surface area (Å²) < 4.78 is 27.7. The number of nitrogens with one attached hydrogen (secondary N) is 1. The summed E-state index contributed by atoms with van der Waals surface area (Å²) in [5.74, 6) is -0.519. The van der Waals surface area contributed by atoms with Gasteiger partial charge >= 0.3 is 0 Å². The molecule has 1 aliphatic rings. The third kappa shape index (κ3) is 3.76. The number of carbonyl (C=O) groups is 1. The summed E-state index contributed by atoms with van der Waals surface area (Å²) in [7, 11) is -3.69. The van der Waals surface area contributed by atoms with Crippen LogP contribution in [0.25, 0.3) is 0 Å². The number of hydrogen-bond donors (Lipinski definition) is 2. The molecule has 3 rings (SSSR count). The molecule has 132 valence electrons. The normalized spacial score (nSPS) is 14.5. The number of amides is 1. The van der Waals surface area contributed by atoms with Gasteiger partial charge in [0.1, 0.15) is 0 Å². The average Bonchev–Trinajstić information content (AvgIpc) is 3.09. The Morgan fingerprint density at radius 2 is 1.72 bits per heavy atom. The Labute approximate surface area is 147 Å². The van der Waals surface area contributed by atoms with Crippen molar-refractivity contribution in [3.05, 3.63) is 53.6 Å². The number of sulfonamides is 1. The molecule has 25 heavy (non-hydrogen) atoms. The summed E-state index contributed by atoms with van der Waals surface area (Å²) in [5.41, 5.74) is 7.94. The molecule has 1 heterocycles. The van der Waals surface area contributed by atoms with Gasteiger partial charge in [-0.15, -0.1) is 0 Å². The number of nitrogens with zero attached hydrogens (tertiary/aromatic N) is 1. The first kappa shape index (κ1) is 17.3. The number of primary amides is 1. The molecular weight excluding hydrogens is 338 g/mol. The topological polar surface area (TPSA) is 92.5 Å². The van der Waals surface area contributed by atoms with Gasteiger partial charge in [0.2, 0.25) is 0 Å². The molecule has 0 bridgehead atoms. The monoisotopic (exact) mass is 359 g/mol. The highest BCUT2D eigenvalue weighted by Gasteiger charge is 2.20. The summed E-state index contributed by atoms with van der Waals surface area (Å²) in [5, 5.41) is 0. The number of rotatable bonds is 5. The van der Waals surface area contributed by atoms with Crippen LogP contribution in [0.15, 0.2) is 47.4 Å². The van der Waals surface area contributed by atoms with E-state index in [1.165, 1.54) is 0 Å². The molecule has 0 radical (unpaired) electrons. The van der Waals surface area contributed by atoms with Gasteiger partial charge in [-0.05, 0) is 50.1 Å². The SMILES string of the molecule is Cc1ccc(S(=O)(=O)Nc2ccc(C(N)=O)c(N3CCCC3)c2)cc1. The molecule has 0 aliphatic carbocycles. The van der Waals surface area contributed by atoms with E-state index in [2.05, 4.69) is 9.62 Å². The number of anilines is 2. The minimum Gasteiger partial charge on any atom is -0.371 e. The molecule has 1 aliphatic heterocycles. The molecule has 6 nitrogen and oxygen atoms in total. The van der Waals surface area contributed by atoms with Crippen molar-refractivity contribution in [2.24, 2.45) is 5.73 Å². The summed E-state index contributed by atoms with van der Waals surface area (Å²) in [6, 6.07) is 11.4. The quantitative estimate of drug-likeness (QED) is 0.858. The van der Waals surface area contributed by atoms with Crippen molar-refractivity contribution in [2.45, 2.75) is 24.7 Å². The van der Waals surface area contributed by atoms with E-state index < -0.39 is 15.9 Å². The van der Waals surface area contributed by atoms with Crippen LogP contribution in [0, 0.1) is 6.92 Å². The number of aryl methyl sites for hydroxylation is 1. The Morgan fingerprint density at radius 1 is 1.08 bits per heavy atom. The molecular formula is C18H21N3O3S. The van der Waals surface area contributed by atoms with Crippen molar-refractivity contribution in [2.75, 3.05) is 22.7 Å². The van der Waals surface area contributed by atoms with E-state index in [1.807, 2.05) is 6.92 Å². The third-order valence-electron chi connectivity index (χ3n) is 4.29. The van der Waals surface area contributed by atoms with Crippen molar-refractivity contribution < 1.29 is 13.2 Å². The van der Waals surface area contributed by atoms with Crippen LogP contribution in [0.4, 0.5) is 11.4 Å². The summed E-state index contributed by atoms with van der Waals surface area (Å²) >= 11 is 0. The maximum Gasteiger partial charge on any atom is 0.261 e. The second-order valence-electron chi connectivity index (χ2n) is 6.21. The first-order chi connectivity index (χ1) is 11.9. The molecule has 1 amide bonds. The maximum atomic E-state index is 12.5. The van der Waals surface area contributed by atoms with Gasteiger partial charge < -0.3 is 10.6 Å². The fourth-order valence-electron chi connectivity index (χ4n) is 2.95. The standard InChI is InChI=1S/C18H21N3O3S/c1-13-4-7-15(8-5-13)25(23,24)20-14-6-9-16(18(19)22)17(12-14)21-10-2-3-11-21/h4-9,12,20H,2-3,10-11H2,1H3,(H2,19,22). The van der Waals surface area contributed by atoms with Crippen molar-refractivity contribution in [3.63, 3.8) is 0 Å². The van der Waals surface area contributed by atoms with Crippen LogP contribution in [-0.2, 0) is 10.0 Å². The van der Waals surface area contributed by atoms with Crippen LogP contribution >= 0.6 is 0 Å². The van der Waals surface area contributed by atoms with Crippen molar-refractivity contribution in [1.29, 1.82) is 0 Å². The first-order valence-electron chi connectivity index (χ1n) is 8.15. The molecule has 3 N–H and O–H groups in total. The number of benzene rings is 2. The molecule has 2 aromatic rings. The molecule has 2 aromatic carbocycles. The molecule has 1 fully saturated rings. The molecule has 1 saturated heterocycles. The van der Waals surface area contributed by atoms with Crippen LogP contribution in [0.3, 0.4) is 0 Å². The molecule has 0 atom stereocenters. The Morgan fingerprint density at radius 3 is 2.32 bits per heavy atom. The van der Waals surface area contributed by atoms with Crippen LogP contribution in [0.2, 0.25) is 0 Å². The van der Waals surface area contributed by atoms with Crippen molar-refractivity contribution in [3.8, 4) is 0 Å². The fourth-order valence-corrected chi connectivity index (χ4v) is 4.00. The second kappa shape index (κ2) is 6.76. The lowest BCUT2D eigenvalue weighted by Gasteiger charge is -2.21. The van der Waals surface area contributed by atoms with E-state index in [0.717, 1.165) is 31.5 Å². The van der Waals surface area contributed by atoms with Gasteiger partial charge in [-0.3, -0.25) is 9.52 Å². The molecule has 7 heteroatoms. The highest BCUT2D eigenvalue weighted by atomic mass is 32.2. The lowest BCUT2D eigenvalue weighted by molar-refractivity contribution is 0.100. The van der Waals surface area contributed by atoms with E-state index in [9.17, 15) is 13.2 Å². The lowest BCUT2D eigenvalue weighted by atomic mass is 10.1. The van der Waals surface area contributed by atoms with Crippen molar-refractivity contribution >= 4 is 27.3 Å². The van der Waals surface area contributed by atoms with Gasteiger partial charge in [0.15, 0.2) is 0 Å². The average molecular weight is 359 g/mol. The lowest BCUT2D eigenvalue weighted by Crippen LogP contribution is -2.23. The van der Waals surface area contributed by atoms with E-state index in [0.29, 0.717) is 16.9 Å². The van der Waals surface area contributed by atoms with E-state index in [1.54, 1.807) is 42.5 Å². The third-order valence-corrected chi connectivity index (χ3v) is 5.69. The highest BCUT2D eigenvalue weighted by molar-refractivity contribution is 7.92. The zero-order valence-electron chi connectivity index (χ0n) is 14.0. The minimum atomic E-state index is -3.69. The zero-order valence-corrected chi connectivity index (χ0v) is 14.8. The van der Waals surface area contributed by atoms with Gasteiger partial charge in [-0.1, -0.05) is 17.7 Å². The van der Waals surface area contributed by atoms with Crippen LogP contribution in [0.5, 0.6) is 0 Å². The molecule has 0 aromatic heterocycles. The summed E-state index contributed by atoms with van der Waals surface area (Å²) in [4.78, 5) is 13.9. The molecule has 0 saturated carbocycles. The smallest absolute Gasteiger partial charge is 0.261 e. The Balaban J connectivity index is 1.93. The van der Waals surface area contributed by atoms with Crippen LogP contribution in [0.1, 0.15) is 28.8 Å². The van der Waals surface area contributed by atoms with Gasteiger partial charge in [0, 0.05) is 13.1 Å². The van der Waals surface area contributed by atoms with Crippen molar-refractivity contribution in [1.82, 2.24) is 0 Å². The first-order valence-corrected chi connectivity index (χ1v) is 9.63. The highest BCUT2D eigenvalue weighted by Crippen LogP contribution is 2.29. The predicted molar refractivity (Wildman–Crippen MR) is 98.4 cm³/mol. The Hall–Kier alpha value is -2.54. The summed E-state index contributed by atoms with van der Waals surface area (Å²) in [6.45, 7) is 3.55. The molecule has 0 unspecified atom stereocenters. The predicted octanol–water partition coefficient (Wildman–Crippen LogP) is 2.49. The minimum absolute atomic E-state index is 0.194. The van der Waals surface area contributed by atoms with E-state index >= 15 is 0 Å². The largest absolute Gasteiger partial charge is 0.371 e. The van der Waals surface area contributed by atoms with E-state index in [4.69, 9.17) is 5.73 Å². The zero-order chi connectivity index (χ0) is 18.0. The maximum absolute atomic E-state index is 12.5. The Kier molecular flexibility index (Phi) is 4.67. The van der Waals surface area contributed by atoms with Gasteiger partial charge in [-0.25, -0.2) is 8.42 Å². The fraction of sp³-hybridized carbons (Fsp3) is 0.278. The Bertz CT molecular complexity index is 886. The summed E-state index contributed by atoms with van der Waals surface area (Å²) in [6.07, 6.45) is 2.08. The van der Waals surface area contributed by atoms with Gasteiger partial charge in [0.25, 0.3) is 15.9 Å². The number of nitrogens with two attached hydrogens (primary N) is 1. The van der Waals surface area contributed by atoms with Crippen LogP contribution in [-0.4, -0.2) is 27.4 Å². The number of carbonyl (C=O) groups excluding carboxylic acids is 1. The van der Waals surface area contributed by atoms with Crippen LogP contribution < -0.4 is 15.4 Å². The van der Waals surface area contributed by atoms with E-state index in [-0.39, 0.29) is 4.90 Å².